The molecule has 0 saturated carbocycles. The largest absolute Gasteiger partial charge is 0.444 e. The Hall–Kier alpha value is -4.79. The van der Waals surface area contributed by atoms with Crippen LogP contribution in [0.15, 0.2) is 149 Å². The van der Waals surface area contributed by atoms with Gasteiger partial charge in [-0.1, -0.05) is 137 Å². The second-order valence-electron chi connectivity index (χ2n) is 14.1. The Morgan fingerprint density at radius 1 is 0.792 bits per heavy atom. The highest BCUT2D eigenvalue weighted by atomic mass is 79.9. The number of hydrogen-bond acceptors (Lipinski definition) is 7. The number of aryl methyl sites for hydroxylation is 1. The van der Waals surface area contributed by atoms with Gasteiger partial charge in [0.15, 0.2) is 5.54 Å². The van der Waals surface area contributed by atoms with Gasteiger partial charge in [-0.25, -0.2) is 4.79 Å². The number of rotatable bonds is 11. The predicted octanol–water partition coefficient (Wildman–Crippen LogP) is 9.14. The van der Waals surface area contributed by atoms with Gasteiger partial charge in [0.05, 0.1) is 23.6 Å². The molecule has 1 unspecified atom stereocenters. The Bertz CT molecular complexity index is 2070. The molecule has 0 spiro atoms. The van der Waals surface area contributed by atoms with Crippen molar-refractivity contribution in [2.24, 2.45) is 0 Å². The molecule has 1 aliphatic rings. The summed E-state index contributed by atoms with van der Waals surface area (Å²) in [6.07, 6.45) is -0.790. The summed E-state index contributed by atoms with van der Waals surface area (Å²) in [6, 6.07) is 44.7. The highest BCUT2D eigenvalue weighted by Gasteiger charge is 2.66. The second-order valence-corrected chi connectivity index (χ2v) is 16.6. The van der Waals surface area contributed by atoms with E-state index >= 15 is 0 Å². The first-order valence-electron chi connectivity index (χ1n) is 17.3. The maximum atomic E-state index is 14.3. The Morgan fingerprint density at radius 2 is 1.28 bits per heavy atom. The summed E-state index contributed by atoms with van der Waals surface area (Å²) in [5, 5.41) is 11.1. The molecule has 1 saturated heterocycles. The molecule has 0 radical (unpaired) electrons. The first-order chi connectivity index (χ1) is 25.3. The van der Waals surface area contributed by atoms with Crippen molar-refractivity contribution in [1.82, 2.24) is 4.90 Å². The van der Waals surface area contributed by atoms with Crippen LogP contribution in [0.3, 0.4) is 0 Å². The first-order valence-corrected chi connectivity index (χ1v) is 19.5. The second kappa shape index (κ2) is 15.3. The first kappa shape index (κ1) is 38.0. The van der Waals surface area contributed by atoms with Crippen LogP contribution in [-0.2, 0) is 29.4 Å². The quantitative estimate of drug-likeness (QED) is 0.0971. The molecule has 3 atom stereocenters. The zero-order valence-corrected chi connectivity index (χ0v) is 32.4. The Kier molecular flexibility index (Phi) is 10.9. The normalized spacial score (nSPS) is 18.8. The molecule has 5 aromatic carbocycles. The molecule has 0 bridgehead atoms. The lowest BCUT2D eigenvalue weighted by Gasteiger charge is -2.59. The molecule has 1 fully saturated rings. The van der Waals surface area contributed by atoms with E-state index in [2.05, 4.69) is 22.0 Å². The van der Waals surface area contributed by atoms with Gasteiger partial charge in [-0.15, -0.1) is 0 Å². The van der Waals surface area contributed by atoms with Crippen LogP contribution in [0.25, 0.3) is 0 Å². The maximum absolute atomic E-state index is 14.3. The molecular weight excluding hydrogens is 752 g/mol. The molecule has 0 aromatic heterocycles. The van der Waals surface area contributed by atoms with E-state index in [1.165, 1.54) is 17.0 Å². The monoisotopic (exact) mass is 792 g/mol. The van der Waals surface area contributed by atoms with Gasteiger partial charge in [-0.2, -0.15) is 13.7 Å². The molecule has 0 aliphatic carbocycles. The Labute approximate surface area is 320 Å². The lowest BCUT2D eigenvalue weighted by atomic mass is 9.66. The summed E-state index contributed by atoms with van der Waals surface area (Å²) >= 11 is 3.51. The van der Waals surface area contributed by atoms with E-state index < -0.39 is 51.5 Å². The third-order valence-electron chi connectivity index (χ3n) is 9.43. The number of ether oxygens (including phenoxy) is 2. The Morgan fingerprint density at radius 3 is 1.74 bits per heavy atom. The van der Waals surface area contributed by atoms with Gasteiger partial charge in [0.1, 0.15) is 17.8 Å². The van der Waals surface area contributed by atoms with Gasteiger partial charge < -0.3 is 9.47 Å². The SMILES string of the molecule is Cc1ccc(S(=O)(=O)OCC2(C#N)[C@H](c3ccc(Br)cc3)[C@@H](COC(c3ccccc3)(c3ccccc3)c3ccccc3)N2C(=O)OC(C)(C)C)cc1. The third-order valence-corrected chi connectivity index (χ3v) is 11.2. The van der Waals surface area contributed by atoms with Crippen molar-refractivity contribution in [2.45, 2.75) is 61.3 Å². The number of halogens is 1. The van der Waals surface area contributed by atoms with E-state index in [9.17, 15) is 18.5 Å². The van der Waals surface area contributed by atoms with Crippen LogP contribution in [0.5, 0.6) is 0 Å². The molecule has 1 heterocycles. The lowest BCUT2D eigenvalue weighted by molar-refractivity contribution is -0.127. The fourth-order valence-electron chi connectivity index (χ4n) is 7.01. The van der Waals surface area contributed by atoms with Crippen molar-refractivity contribution in [3.63, 3.8) is 0 Å². The van der Waals surface area contributed by atoms with Crippen LogP contribution in [0, 0.1) is 18.3 Å². The van der Waals surface area contributed by atoms with Crippen LogP contribution in [0.4, 0.5) is 4.79 Å². The molecule has 5 aromatic rings. The lowest BCUT2D eigenvalue weighted by Crippen LogP contribution is -2.76. The number of nitrogens with zero attached hydrogens (tertiary/aromatic N) is 2. The van der Waals surface area contributed by atoms with Crippen LogP contribution >= 0.6 is 15.9 Å². The molecule has 0 N–H and O–H groups in total. The number of nitriles is 1. The number of amides is 1. The minimum Gasteiger partial charge on any atom is -0.444 e. The average Bonchev–Trinajstić information content (AvgIpc) is 3.14. The summed E-state index contributed by atoms with van der Waals surface area (Å²) < 4.78 is 46.7. The predicted molar refractivity (Wildman–Crippen MR) is 207 cm³/mol. The number of carbonyl (C=O) groups excluding carboxylic acids is 1. The maximum Gasteiger partial charge on any atom is 0.412 e. The van der Waals surface area contributed by atoms with E-state index in [-0.39, 0.29) is 11.5 Å². The van der Waals surface area contributed by atoms with Crippen LogP contribution in [0.2, 0.25) is 0 Å². The average molecular weight is 794 g/mol. The molecule has 6 rings (SSSR count). The Balaban J connectivity index is 1.49. The number of likely N-dealkylation sites (tertiary alicyclic amines) is 1. The van der Waals surface area contributed by atoms with Gasteiger partial charge in [0.2, 0.25) is 0 Å². The molecule has 53 heavy (non-hydrogen) atoms. The van der Waals surface area contributed by atoms with E-state index in [1.54, 1.807) is 32.9 Å². The van der Waals surface area contributed by atoms with Gasteiger partial charge in [0.25, 0.3) is 10.1 Å². The smallest absolute Gasteiger partial charge is 0.412 e. The summed E-state index contributed by atoms with van der Waals surface area (Å²) in [4.78, 5) is 15.6. The van der Waals surface area contributed by atoms with Gasteiger partial charge in [-0.05, 0) is 74.2 Å². The van der Waals surface area contributed by atoms with Crippen LogP contribution < -0.4 is 0 Å². The zero-order chi connectivity index (χ0) is 37.9. The molecule has 10 heteroatoms. The van der Waals surface area contributed by atoms with Gasteiger partial charge >= 0.3 is 6.09 Å². The van der Waals surface area contributed by atoms with Crippen molar-refractivity contribution in [3.05, 3.63) is 172 Å². The fraction of sp³-hybridized carbons (Fsp3) is 0.256. The van der Waals surface area contributed by atoms with Crippen molar-refractivity contribution in [2.75, 3.05) is 13.2 Å². The highest BCUT2D eigenvalue weighted by molar-refractivity contribution is 9.10. The van der Waals surface area contributed by atoms with Crippen molar-refractivity contribution in [3.8, 4) is 6.07 Å². The summed E-state index contributed by atoms with van der Waals surface area (Å²) in [5.41, 5.74) is 0.302. The van der Waals surface area contributed by atoms with Crippen molar-refractivity contribution >= 4 is 32.1 Å². The zero-order valence-electron chi connectivity index (χ0n) is 30.0. The van der Waals surface area contributed by atoms with E-state index in [4.69, 9.17) is 13.7 Å². The van der Waals surface area contributed by atoms with Gasteiger partial charge in [0, 0.05) is 10.4 Å². The minimum atomic E-state index is -4.32. The standard InChI is InChI=1S/C43H41BrN2O6S/c1-31-20-26-37(27-21-31)53(48,49)51-30-42(29-45)39(32-22-24-36(44)25-23-32)38(46(42)40(47)52-41(2,3)4)28-50-43(33-14-8-5-9-15-33,34-16-10-6-11-17-34)35-18-12-7-13-19-35/h5-27,38-39H,28,30H2,1-4H3/t38-,39-,42?/m1/s1. The topological polar surface area (TPSA) is 106 Å². The molecule has 1 amide bonds. The number of hydrogen-bond donors (Lipinski definition) is 0. The van der Waals surface area contributed by atoms with Crippen molar-refractivity contribution in [1.29, 1.82) is 5.26 Å². The fourth-order valence-corrected chi connectivity index (χ4v) is 8.22. The number of carbonyl (C=O) groups is 1. The molecule has 272 valence electrons. The summed E-state index contributed by atoms with van der Waals surface area (Å²) in [5.74, 6) is -0.749. The molecule has 8 nitrogen and oxygen atoms in total. The van der Waals surface area contributed by atoms with Crippen molar-refractivity contribution < 1.29 is 26.9 Å². The van der Waals surface area contributed by atoms with E-state index in [0.29, 0.717) is 5.56 Å². The third kappa shape index (κ3) is 7.66. The van der Waals surface area contributed by atoms with E-state index in [0.717, 1.165) is 26.7 Å². The summed E-state index contributed by atoms with van der Waals surface area (Å²) in [6.45, 7) is 6.35. The molecule has 1 aliphatic heterocycles. The molecular formula is C43H41BrN2O6S. The highest BCUT2D eigenvalue weighted by Crippen LogP contribution is 2.52. The van der Waals surface area contributed by atoms with Crippen LogP contribution in [-0.4, -0.2) is 49.8 Å². The number of benzene rings is 5. The van der Waals surface area contributed by atoms with E-state index in [1.807, 2.05) is 122 Å². The summed E-state index contributed by atoms with van der Waals surface area (Å²) in [7, 11) is -4.32. The van der Waals surface area contributed by atoms with Crippen LogP contribution in [0.1, 0.15) is 54.5 Å². The minimum absolute atomic E-state index is 0.0576. The van der Waals surface area contributed by atoms with Gasteiger partial charge in [-0.3, -0.25) is 9.08 Å².